The van der Waals surface area contributed by atoms with Crippen LogP contribution in [0.15, 0.2) is 54.6 Å². The number of rotatable bonds is 6. The first kappa shape index (κ1) is 21.0. The third-order valence-electron chi connectivity index (χ3n) is 5.13. The number of carbonyl (C=O) groups excluding carboxylic acids is 2. The summed E-state index contributed by atoms with van der Waals surface area (Å²) < 4.78 is 11.1. The number of morpholine rings is 1. The van der Waals surface area contributed by atoms with Gasteiger partial charge in [-0.05, 0) is 16.7 Å². The van der Waals surface area contributed by atoms with E-state index in [2.05, 4.69) is 24.3 Å². The summed E-state index contributed by atoms with van der Waals surface area (Å²) in [6.07, 6.45) is 0.390. The van der Waals surface area contributed by atoms with Gasteiger partial charge in [0.2, 0.25) is 5.91 Å². The van der Waals surface area contributed by atoms with Crippen molar-refractivity contribution >= 4 is 11.8 Å². The van der Waals surface area contributed by atoms with Crippen LogP contribution in [0.25, 0.3) is 11.1 Å². The second-order valence-corrected chi connectivity index (χ2v) is 7.53. The van der Waals surface area contributed by atoms with Gasteiger partial charge in [-0.3, -0.25) is 9.59 Å². The first-order chi connectivity index (χ1) is 13.9. The molecular weight excluding hydrogens is 368 g/mol. The van der Waals surface area contributed by atoms with Gasteiger partial charge in [0, 0.05) is 34.2 Å². The van der Waals surface area contributed by atoms with Gasteiger partial charge < -0.3 is 19.3 Å². The van der Waals surface area contributed by atoms with Crippen molar-refractivity contribution in [3.05, 3.63) is 60.2 Å². The maximum Gasteiger partial charge on any atom is 0.256 e. The van der Waals surface area contributed by atoms with Crippen LogP contribution < -0.4 is 0 Å². The number of benzene rings is 2. The van der Waals surface area contributed by atoms with Crippen LogP contribution in [-0.4, -0.2) is 74.7 Å². The number of hydrogen-bond acceptors (Lipinski definition) is 4. The average Bonchev–Trinajstić information content (AvgIpc) is 2.74. The Morgan fingerprint density at radius 1 is 1.10 bits per heavy atom. The third-order valence-corrected chi connectivity index (χ3v) is 5.13. The average molecular weight is 396 g/mol. The molecule has 1 aliphatic rings. The standard InChI is InChI=1S/C23H28N2O4/c1-24(2)22(27)23(17-25(12-13-29-23)21(26)16-28-3)15-18-8-7-11-20(14-18)19-9-5-4-6-10-19/h4-11,14H,12-13,15-17H2,1-3H3. The first-order valence-electron chi connectivity index (χ1n) is 9.72. The monoisotopic (exact) mass is 396 g/mol. The molecule has 0 spiro atoms. The second-order valence-electron chi connectivity index (χ2n) is 7.53. The molecule has 0 N–H and O–H groups in total. The van der Waals surface area contributed by atoms with Crippen LogP contribution in [0.2, 0.25) is 0 Å². The molecule has 1 aliphatic heterocycles. The summed E-state index contributed by atoms with van der Waals surface area (Å²) in [5, 5.41) is 0. The molecule has 1 saturated heterocycles. The van der Waals surface area contributed by atoms with E-state index in [0.29, 0.717) is 19.6 Å². The number of ether oxygens (including phenoxy) is 2. The molecule has 0 aliphatic carbocycles. The van der Waals surface area contributed by atoms with Crippen molar-refractivity contribution in [3.63, 3.8) is 0 Å². The maximum atomic E-state index is 13.1. The van der Waals surface area contributed by atoms with Crippen molar-refractivity contribution in [1.29, 1.82) is 0 Å². The van der Waals surface area contributed by atoms with E-state index in [4.69, 9.17) is 9.47 Å². The quantitative estimate of drug-likeness (QED) is 0.751. The van der Waals surface area contributed by atoms with Crippen LogP contribution in [0.5, 0.6) is 0 Å². The highest BCUT2D eigenvalue weighted by Gasteiger charge is 2.45. The van der Waals surface area contributed by atoms with E-state index in [-0.39, 0.29) is 25.0 Å². The van der Waals surface area contributed by atoms with Gasteiger partial charge >= 0.3 is 0 Å². The molecule has 154 valence electrons. The van der Waals surface area contributed by atoms with Crippen LogP contribution in [-0.2, 0) is 25.5 Å². The Kier molecular flexibility index (Phi) is 6.67. The Hall–Kier alpha value is -2.70. The van der Waals surface area contributed by atoms with Crippen molar-refractivity contribution in [1.82, 2.24) is 9.80 Å². The molecular formula is C23H28N2O4. The summed E-state index contributed by atoms with van der Waals surface area (Å²) in [7, 11) is 4.92. The number of likely N-dealkylation sites (N-methyl/N-ethyl adjacent to an activating group) is 1. The van der Waals surface area contributed by atoms with Crippen molar-refractivity contribution in [2.75, 3.05) is 47.5 Å². The molecule has 0 saturated carbocycles. The molecule has 2 aromatic rings. The highest BCUT2D eigenvalue weighted by molar-refractivity contribution is 5.87. The van der Waals surface area contributed by atoms with Gasteiger partial charge in [-0.1, -0.05) is 54.6 Å². The number of hydrogen-bond donors (Lipinski definition) is 0. The van der Waals surface area contributed by atoms with E-state index in [9.17, 15) is 9.59 Å². The maximum absolute atomic E-state index is 13.1. The summed E-state index contributed by atoms with van der Waals surface area (Å²) in [6.45, 7) is 0.972. The normalized spacial score (nSPS) is 19.1. The number of nitrogens with zero attached hydrogens (tertiary/aromatic N) is 2. The molecule has 3 rings (SSSR count). The second kappa shape index (κ2) is 9.20. The van der Waals surface area contributed by atoms with Crippen molar-refractivity contribution < 1.29 is 19.1 Å². The van der Waals surface area contributed by atoms with E-state index in [0.717, 1.165) is 16.7 Å². The first-order valence-corrected chi connectivity index (χ1v) is 9.72. The minimum Gasteiger partial charge on any atom is -0.375 e. The number of amides is 2. The molecule has 6 heteroatoms. The fourth-order valence-electron chi connectivity index (χ4n) is 3.75. The van der Waals surface area contributed by atoms with Crippen LogP contribution in [0.1, 0.15) is 5.56 Å². The molecule has 1 heterocycles. The zero-order valence-electron chi connectivity index (χ0n) is 17.3. The number of methoxy groups -OCH3 is 1. The molecule has 1 fully saturated rings. The Morgan fingerprint density at radius 2 is 1.83 bits per heavy atom. The highest BCUT2D eigenvalue weighted by atomic mass is 16.5. The van der Waals surface area contributed by atoms with Gasteiger partial charge in [0.15, 0.2) is 5.60 Å². The zero-order valence-corrected chi connectivity index (χ0v) is 17.3. The molecule has 2 aromatic carbocycles. The predicted octanol–water partition coefficient (Wildman–Crippen LogP) is 2.23. The lowest BCUT2D eigenvalue weighted by Crippen LogP contribution is -2.62. The summed E-state index contributed by atoms with van der Waals surface area (Å²) in [6, 6.07) is 18.2. The molecule has 0 radical (unpaired) electrons. The van der Waals surface area contributed by atoms with Gasteiger partial charge in [-0.15, -0.1) is 0 Å². The van der Waals surface area contributed by atoms with Gasteiger partial charge in [-0.25, -0.2) is 0 Å². The van der Waals surface area contributed by atoms with E-state index in [1.165, 1.54) is 12.0 Å². The van der Waals surface area contributed by atoms with Gasteiger partial charge in [0.05, 0.1) is 13.2 Å². The summed E-state index contributed by atoms with van der Waals surface area (Å²) >= 11 is 0. The lowest BCUT2D eigenvalue weighted by Gasteiger charge is -2.42. The van der Waals surface area contributed by atoms with Gasteiger partial charge in [-0.2, -0.15) is 0 Å². The lowest BCUT2D eigenvalue weighted by molar-refractivity contribution is -0.173. The Balaban J connectivity index is 1.90. The van der Waals surface area contributed by atoms with Crippen molar-refractivity contribution in [2.24, 2.45) is 0 Å². The van der Waals surface area contributed by atoms with Gasteiger partial charge in [0.25, 0.3) is 5.91 Å². The van der Waals surface area contributed by atoms with Crippen molar-refractivity contribution in [3.8, 4) is 11.1 Å². The van der Waals surface area contributed by atoms with Crippen LogP contribution >= 0.6 is 0 Å². The topological polar surface area (TPSA) is 59.1 Å². The van der Waals surface area contributed by atoms with E-state index >= 15 is 0 Å². The Bertz CT molecular complexity index is 853. The lowest BCUT2D eigenvalue weighted by atomic mass is 9.89. The summed E-state index contributed by atoms with van der Waals surface area (Å²) in [4.78, 5) is 28.7. The molecule has 1 atom stereocenters. The van der Waals surface area contributed by atoms with Gasteiger partial charge in [0.1, 0.15) is 6.61 Å². The van der Waals surface area contributed by atoms with E-state index in [1.54, 1.807) is 19.0 Å². The van der Waals surface area contributed by atoms with Crippen LogP contribution in [0, 0.1) is 0 Å². The zero-order chi connectivity index (χ0) is 20.9. The third kappa shape index (κ3) is 4.83. The minimum absolute atomic E-state index is 0.00424. The van der Waals surface area contributed by atoms with Crippen LogP contribution in [0.4, 0.5) is 0 Å². The Morgan fingerprint density at radius 3 is 2.52 bits per heavy atom. The fraction of sp³-hybridized carbons (Fsp3) is 0.391. The summed E-state index contributed by atoms with van der Waals surface area (Å²) in [5.74, 6) is -0.276. The van der Waals surface area contributed by atoms with Crippen LogP contribution in [0.3, 0.4) is 0 Å². The van der Waals surface area contributed by atoms with E-state index in [1.807, 2.05) is 30.3 Å². The fourth-order valence-corrected chi connectivity index (χ4v) is 3.75. The summed E-state index contributed by atoms with van der Waals surface area (Å²) in [5.41, 5.74) is 2.07. The molecule has 1 unspecified atom stereocenters. The number of carbonyl (C=O) groups is 2. The van der Waals surface area contributed by atoms with E-state index < -0.39 is 5.60 Å². The molecule has 2 amide bonds. The largest absolute Gasteiger partial charge is 0.375 e. The molecule has 6 nitrogen and oxygen atoms in total. The molecule has 0 aromatic heterocycles. The van der Waals surface area contributed by atoms with Crippen molar-refractivity contribution in [2.45, 2.75) is 12.0 Å². The molecule has 0 bridgehead atoms. The Labute approximate surface area is 172 Å². The minimum atomic E-state index is -1.11. The highest BCUT2D eigenvalue weighted by Crippen LogP contribution is 2.28. The predicted molar refractivity (Wildman–Crippen MR) is 111 cm³/mol. The molecule has 29 heavy (non-hydrogen) atoms. The smallest absolute Gasteiger partial charge is 0.256 e. The SMILES string of the molecule is COCC(=O)N1CCOC(Cc2cccc(-c3ccccc3)c2)(C(=O)N(C)C)C1.